The maximum absolute atomic E-state index is 13.4. The van der Waals surface area contributed by atoms with Crippen LogP contribution < -0.4 is 0 Å². The molecule has 1 N–H and O–H groups in total. The Morgan fingerprint density at radius 2 is 1.83 bits per heavy atom. The Balaban J connectivity index is 1.50. The fourth-order valence-corrected chi connectivity index (χ4v) is 2.18. The van der Waals surface area contributed by atoms with Gasteiger partial charge in [-0.25, -0.2) is 4.39 Å². The van der Waals surface area contributed by atoms with Crippen LogP contribution in [0.15, 0.2) is 54.6 Å². The second-order valence-corrected chi connectivity index (χ2v) is 5.29. The number of aromatic nitrogens is 4. The van der Waals surface area contributed by atoms with Gasteiger partial charge in [0.1, 0.15) is 5.82 Å². The molecule has 0 aliphatic rings. The lowest BCUT2D eigenvalue weighted by molar-refractivity contribution is 0.0156. The van der Waals surface area contributed by atoms with Crippen LogP contribution in [-0.2, 0) is 17.9 Å². The molecule has 1 heterocycles. The first kappa shape index (κ1) is 16.2. The molecule has 0 amide bonds. The van der Waals surface area contributed by atoms with E-state index in [-0.39, 0.29) is 25.6 Å². The molecule has 7 heteroatoms. The fraction of sp³-hybridized carbons (Fsp3) is 0.235. The average molecular weight is 328 g/mol. The largest absolute Gasteiger partial charge is 0.389 e. The third-order valence-electron chi connectivity index (χ3n) is 3.38. The van der Waals surface area contributed by atoms with Gasteiger partial charge in [0.2, 0.25) is 5.82 Å². The molecule has 3 aromatic rings. The van der Waals surface area contributed by atoms with Gasteiger partial charge in [0.05, 0.1) is 25.9 Å². The van der Waals surface area contributed by atoms with E-state index in [1.807, 2.05) is 30.3 Å². The van der Waals surface area contributed by atoms with E-state index in [0.717, 1.165) is 5.56 Å². The highest BCUT2D eigenvalue weighted by Crippen LogP contribution is 2.12. The SMILES string of the molecule is O[C@H](COCc1ccccc1F)Cn1nnc(-c2ccccc2)n1. The zero-order chi connectivity index (χ0) is 16.8. The quantitative estimate of drug-likeness (QED) is 0.719. The third-order valence-corrected chi connectivity index (χ3v) is 3.38. The Morgan fingerprint density at radius 3 is 2.62 bits per heavy atom. The molecule has 0 radical (unpaired) electrons. The van der Waals surface area contributed by atoms with Gasteiger partial charge in [-0.15, -0.1) is 10.2 Å². The number of rotatable bonds is 7. The van der Waals surface area contributed by atoms with Crippen LogP contribution in [0.5, 0.6) is 0 Å². The summed E-state index contributed by atoms with van der Waals surface area (Å²) in [5.74, 6) is 0.174. The van der Waals surface area contributed by atoms with Gasteiger partial charge in [0, 0.05) is 11.1 Å². The van der Waals surface area contributed by atoms with Crippen molar-refractivity contribution in [1.82, 2.24) is 20.2 Å². The van der Waals surface area contributed by atoms with Crippen molar-refractivity contribution in [2.75, 3.05) is 6.61 Å². The molecule has 3 rings (SSSR count). The second-order valence-electron chi connectivity index (χ2n) is 5.29. The van der Waals surface area contributed by atoms with Crippen molar-refractivity contribution < 1.29 is 14.2 Å². The molecule has 0 saturated carbocycles. The minimum Gasteiger partial charge on any atom is -0.389 e. The average Bonchev–Trinajstić information content (AvgIpc) is 3.06. The van der Waals surface area contributed by atoms with Gasteiger partial charge in [-0.05, 0) is 11.3 Å². The minimum absolute atomic E-state index is 0.0521. The van der Waals surface area contributed by atoms with Crippen molar-refractivity contribution in [2.45, 2.75) is 19.3 Å². The molecule has 0 fully saturated rings. The van der Waals surface area contributed by atoms with E-state index in [4.69, 9.17) is 4.74 Å². The highest BCUT2D eigenvalue weighted by atomic mass is 19.1. The highest BCUT2D eigenvalue weighted by Gasteiger charge is 2.11. The predicted molar refractivity (Wildman–Crippen MR) is 85.3 cm³/mol. The van der Waals surface area contributed by atoms with Crippen LogP contribution in [0.3, 0.4) is 0 Å². The van der Waals surface area contributed by atoms with Crippen molar-refractivity contribution in [3.8, 4) is 11.4 Å². The van der Waals surface area contributed by atoms with Gasteiger partial charge in [0.15, 0.2) is 0 Å². The Kier molecular flexibility index (Phi) is 5.25. The first-order valence-corrected chi connectivity index (χ1v) is 7.55. The first-order valence-electron chi connectivity index (χ1n) is 7.55. The topological polar surface area (TPSA) is 73.1 Å². The van der Waals surface area contributed by atoms with Gasteiger partial charge in [0.25, 0.3) is 0 Å². The van der Waals surface area contributed by atoms with Crippen molar-refractivity contribution in [2.24, 2.45) is 0 Å². The van der Waals surface area contributed by atoms with Crippen molar-refractivity contribution >= 4 is 0 Å². The zero-order valence-corrected chi connectivity index (χ0v) is 12.9. The second kappa shape index (κ2) is 7.76. The first-order chi connectivity index (χ1) is 11.7. The van der Waals surface area contributed by atoms with Gasteiger partial charge in [-0.1, -0.05) is 48.5 Å². The van der Waals surface area contributed by atoms with Crippen LogP contribution in [0, 0.1) is 5.82 Å². The monoisotopic (exact) mass is 328 g/mol. The Hall–Kier alpha value is -2.64. The summed E-state index contributed by atoms with van der Waals surface area (Å²) in [4.78, 5) is 1.32. The third kappa shape index (κ3) is 4.21. The molecule has 1 aromatic heterocycles. The van der Waals surface area contributed by atoms with Crippen molar-refractivity contribution in [3.05, 3.63) is 66.0 Å². The molecule has 0 aliphatic heterocycles. The molecule has 24 heavy (non-hydrogen) atoms. The molecule has 124 valence electrons. The molecule has 1 atom stereocenters. The normalized spacial score (nSPS) is 12.2. The fourth-order valence-electron chi connectivity index (χ4n) is 2.18. The standard InChI is InChI=1S/C17H17FN4O2/c18-16-9-5-4-8-14(16)11-24-12-15(23)10-22-20-17(19-21-22)13-6-2-1-3-7-13/h1-9,15,23H,10-12H2/t15-/m0/s1. The summed E-state index contributed by atoms with van der Waals surface area (Å²) in [7, 11) is 0. The number of aliphatic hydroxyl groups is 1. The van der Waals surface area contributed by atoms with E-state index in [9.17, 15) is 9.50 Å². The summed E-state index contributed by atoms with van der Waals surface area (Å²) in [6.45, 7) is 0.303. The van der Waals surface area contributed by atoms with Gasteiger partial charge in [-0.3, -0.25) is 0 Å². The lowest BCUT2D eigenvalue weighted by atomic mass is 10.2. The van der Waals surface area contributed by atoms with Crippen LogP contribution in [0.1, 0.15) is 5.56 Å². The van der Waals surface area contributed by atoms with E-state index in [1.54, 1.807) is 18.2 Å². The minimum atomic E-state index is -0.811. The molecular weight excluding hydrogens is 311 g/mol. The smallest absolute Gasteiger partial charge is 0.204 e. The Morgan fingerprint density at radius 1 is 1.08 bits per heavy atom. The zero-order valence-electron chi connectivity index (χ0n) is 12.9. The Labute approximate surface area is 138 Å². The van der Waals surface area contributed by atoms with Crippen LogP contribution >= 0.6 is 0 Å². The predicted octanol–water partition coefficient (Wildman–Crippen LogP) is 2.06. The number of nitrogens with zero attached hydrogens (tertiary/aromatic N) is 4. The number of benzene rings is 2. The molecule has 0 bridgehead atoms. The molecule has 6 nitrogen and oxygen atoms in total. The molecule has 0 saturated heterocycles. The van der Waals surface area contributed by atoms with Gasteiger partial charge >= 0.3 is 0 Å². The number of hydrogen-bond donors (Lipinski definition) is 1. The lowest BCUT2D eigenvalue weighted by Crippen LogP contribution is -2.23. The molecular formula is C17H17FN4O2. The summed E-state index contributed by atoms with van der Waals surface area (Å²) in [6, 6.07) is 15.8. The van der Waals surface area contributed by atoms with Crippen LogP contribution in [0.4, 0.5) is 4.39 Å². The van der Waals surface area contributed by atoms with E-state index >= 15 is 0 Å². The summed E-state index contributed by atoms with van der Waals surface area (Å²) in [6.07, 6.45) is -0.811. The highest BCUT2D eigenvalue weighted by molar-refractivity contribution is 5.52. The number of aliphatic hydroxyl groups excluding tert-OH is 1. The van der Waals surface area contributed by atoms with Crippen LogP contribution in [0.25, 0.3) is 11.4 Å². The molecule has 0 spiro atoms. The lowest BCUT2D eigenvalue weighted by Gasteiger charge is -2.10. The number of tetrazole rings is 1. The van der Waals surface area contributed by atoms with E-state index in [0.29, 0.717) is 11.4 Å². The molecule has 0 aliphatic carbocycles. The van der Waals surface area contributed by atoms with Crippen LogP contribution in [0.2, 0.25) is 0 Å². The summed E-state index contributed by atoms with van der Waals surface area (Å²) >= 11 is 0. The number of halogens is 1. The van der Waals surface area contributed by atoms with E-state index in [1.165, 1.54) is 10.9 Å². The van der Waals surface area contributed by atoms with E-state index in [2.05, 4.69) is 15.4 Å². The van der Waals surface area contributed by atoms with Crippen LogP contribution in [-0.4, -0.2) is 38.0 Å². The molecule has 0 unspecified atom stereocenters. The van der Waals surface area contributed by atoms with Gasteiger partial charge < -0.3 is 9.84 Å². The maximum Gasteiger partial charge on any atom is 0.204 e. The van der Waals surface area contributed by atoms with Crippen molar-refractivity contribution in [3.63, 3.8) is 0 Å². The number of ether oxygens (including phenoxy) is 1. The summed E-state index contributed by atoms with van der Waals surface area (Å²) in [5, 5.41) is 22.1. The number of hydrogen-bond acceptors (Lipinski definition) is 5. The van der Waals surface area contributed by atoms with E-state index < -0.39 is 6.10 Å². The Bertz CT molecular complexity index is 779. The molecule has 2 aromatic carbocycles. The summed E-state index contributed by atoms with van der Waals surface area (Å²) in [5.41, 5.74) is 1.31. The summed E-state index contributed by atoms with van der Waals surface area (Å²) < 4.78 is 18.8. The maximum atomic E-state index is 13.4. The van der Waals surface area contributed by atoms with Crippen molar-refractivity contribution in [1.29, 1.82) is 0 Å². The van der Waals surface area contributed by atoms with Gasteiger partial charge in [-0.2, -0.15) is 4.80 Å².